The summed E-state index contributed by atoms with van der Waals surface area (Å²) in [6.45, 7) is 5.76. The Morgan fingerprint density at radius 1 is 1.28 bits per heavy atom. The highest BCUT2D eigenvalue weighted by Crippen LogP contribution is 2.67. The average molecular weight is 346 g/mol. The van der Waals surface area contributed by atoms with Crippen molar-refractivity contribution in [2.45, 2.75) is 77.4 Å². The van der Waals surface area contributed by atoms with Gasteiger partial charge in [0.2, 0.25) is 0 Å². The maximum absolute atomic E-state index is 12.3. The Kier molecular flexibility index (Phi) is 3.66. The number of aliphatic hydroxyl groups excluding tert-OH is 1. The quantitative estimate of drug-likeness (QED) is 0.716. The Hall–Kier alpha value is -1.00. The molecule has 3 saturated carbocycles. The molecule has 0 aromatic rings. The first-order valence-corrected chi connectivity index (χ1v) is 9.76. The Bertz CT molecular complexity index is 667. The second-order valence-electron chi connectivity index (χ2n) is 9.54. The summed E-state index contributed by atoms with van der Waals surface area (Å²) >= 11 is 0. The molecule has 0 radical (unpaired) electrons. The molecule has 0 aromatic heterocycles. The lowest BCUT2D eigenvalue weighted by atomic mass is 9.46. The molecule has 4 heteroatoms. The van der Waals surface area contributed by atoms with Gasteiger partial charge in [-0.25, -0.2) is 0 Å². The number of Topliss-reactive ketones (excluding diaryl/α,β-unsaturated/α-hetero) is 2. The van der Waals surface area contributed by atoms with Crippen LogP contribution >= 0.6 is 0 Å². The first-order valence-electron chi connectivity index (χ1n) is 9.76. The maximum Gasteiger partial charge on any atom is 0.161 e. The standard InChI is InChI=1S/C21H30O4/c1-12(22)21(25)11-17(24)18-15-5-4-13-10-14(23)6-8-19(13,2)16(15)7-9-20(18,21)3/h4,15-18,24-25H,5-11H2,1-3H3/t15-,16+,17-,18-,19+,20+,21+/m1/s1. The molecule has 4 nitrogen and oxygen atoms in total. The minimum atomic E-state index is -1.41. The Morgan fingerprint density at radius 3 is 2.68 bits per heavy atom. The lowest BCUT2D eigenvalue weighted by molar-refractivity contribution is -0.160. The third-order valence-corrected chi connectivity index (χ3v) is 8.63. The molecule has 2 N–H and O–H groups in total. The number of carbonyl (C=O) groups is 2. The second kappa shape index (κ2) is 5.26. The molecule has 4 aliphatic carbocycles. The SMILES string of the molecule is CC(=O)[C@@]1(O)C[C@@H](O)[C@H]2[C@@H]3CC=C4CC(=O)CC[C@]4(C)[C@H]3CC[C@@]21C. The smallest absolute Gasteiger partial charge is 0.161 e. The van der Waals surface area contributed by atoms with E-state index in [4.69, 9.17) is 0 Å². The van der Waals surface area contributed by atoms with E-state index in [1.54, 1.807) is 0 Å². The zero-order valence-corrected chi connectivity index (χ0v) is 15.5. The maximum atomic E-state index is 12.3. The van der Waals surface area contributed by atoms with Crippen LogP contribution in [0.2, 0.25) is 0 Å². The fourth-order valence-corrected chi connectivity index (χ4v) is 7.13. The van der Waals surface area contributed by atoms with Crippen molar-refractivity contribution in [3.63, 3.8) is 0 Å². The van der Waals surface area contributed by atoms with E-state index in [1.165, 1.54) is 12.5 Å². The van der Waals surface area contributed by atoms with Gasteiger partial charge in [0.05, 0.1) is 6.10 Å². The molecule has 138 valence electrons. The second-order valence-corrected chi connectivity index (χ2v) is 9.54. The van der Waals surface area contributed by atoms with Gasteiger partial charge in [0, 0.05) is 24.7 Å². The number of hydrogen-bond donors (Lipinski definition) is 2. The highest BCUT2D eigenvalue weighted by molar-refractivity contribution is 5.86. The summed E-state index contributed by atoms with van der Waals surface area (Å²) in [7, 11) is 0. The van der Waals surface area contributed by atoms with Crippen LogP contribution in [0.1, 0.15) is 65.7 Å². The van der Waals surface area contributed by atoms with Crippen LogP contribution < -0.4 is 0 Å². The van der Waals surface area contributed by atoms with Crippen molar-refractivity contribution in [2.75, 3.05) is 0 Å². The highest BCUT2D eigenvalue weighted by atomic mass is 16.3. The van der Waals surface area contributed by atoms with Crippen molar-refractivity contribution in [2.24, 2.45) is 28.6 Å². The van der Waals surface area contributed by atoms with Crippen molar-refractivity contribution in [3.8, 4) is 0 Å². The molecule has 0 heterocycles. The Balaban J connectivity index is 1.74. The van der Waals surface area contributed by atoms with Crippen molar-refractivity contribution in [1.29, 1.82) is 0 Å². The van der Waals surface area contributed by atoms with Gasteiger partial charge >= 0.3 is 0 Å². The Labute approximate surface area is 149 Å². The summed E-state index contributed by atoms with van der Waals surface area (Å²) in [5, 5.41) is 22.0. The highest BCUT2D eigenvalue weighted by Gasteiger charge is 2.68. The van der Waals surface area contributed by atoms with Gasteiger partial charge in [-0.15, -0.1) is 0 Å². The van der Waals surface area contributed by atoms with E-state index in [0.29, 0.717) is 24.5 Å². The van der Waals surface area contributed by atoms with Gasteiger partial charge in [-0.1, -0.05) is 25.5 Å². The monoisotopic (exact) mass is 346 g/mol. The summed E-state index contributed by atoms with van der Waals surface area (Å²) in [5.74, 6) is 0.797. The topological polar surface area (TPSA) is 74.6 Å². The van der Waals surface area contributed by atoms with E-state index >= 15 is 0 Å². The molecule has 0 bridgehead atoms. The predicted octanol–water partition coefficient (Wildman–Crippen LogP) is 2.81. The van der Waals surface area contributed by atoms with Crippen LogP contribution in [0.5, 0.6) is 0 Å². The molecule has 0 unspecified atom stereocenters. The molecular weight excluding hydrogens is 316 g/mol. The van der Waals surface area contributed by atoms with Crippen molar-refractivity contribution in [1.82, 2.24) is 0 Å². The predicted molar refractivity (Wildman–Crippen MR) is 93.7 cm³/mol. The molecule has 25 heavy (non-hydrogen) atoms. The molecule has 0 aromatic carbocycles. The van der Waals surface area contributed by atoms with Crippen molar-refractivity contribution >= 4 is 11.6 Å². The van der Waals surface area contributed by atoms with E-state index in [-0.39, 0.29) is 29.5 Å². The first kappa shape index (κ1) is 17.4. The van der Waals surface area contributed by atoms with Gasteiger partial charge in [0.1, 0.15) is 11.4 Å². The normalized spacial score (nSPS) is 52.0. The molecular formula is C21H30O4. The summed E-state index contributed by atoms with van der Waals surface area (Å²) in [4.78, 5) is 24.2. The summed E-state index contributed by atoms with van der Waals surface area (Å²) in [6.07, 6.45) is 6.49. The molecule has 7 atom stereocenters. The third kappa shape index (κ3) is 2.07. The number of fused-ring (bicyclic) bond motifs is 5. The molecule has 0 amide bonds. The van der Waals surface area contributed by atoms with E-state index in [2.05, 4.69) is 13.0 Å². The summed E-state index contributed by atoms with van der Waals surface area (Å²) in [5.41, 5.74) is -0.626. The van der Waals surface area contributed by atoms with E-state index in [1.807, 2.05) is 6.92 Å². The van der Waals surface area contributed by atoms with Crippen LogP contribution in [0.4, 0.5) is 0 Å². The van der Waals surface area contributed by atoms with Gasteiger partial charge in [0.15, 0.2) is 5.78 Å². The number of aliphatic hydroxyl groups is 2. The third-order valence-electron chi connectivity index (χ3n) is 8.63. The molecule has 0 spiro atoms. The fraction of sp³-hybridized carbons (Fsp3) is 0.810. The number of ketones is 2. The fourth-order valence-electron chi connectivity index (χ4n) is 7.13. The minimum absolute atomic E-state index is 0.0365. The molecule has 3 fully saturated rings. The van der Waals surface area contributed by atoms with Crippen LogP contribution in [-0.2, 0) is 9.59 Å². The van der Waals surface area contributed by atoms with E-state index in [0.717, 1.165) is 25.7 Å². The Morgan fingerprint density at radius 2 is 2.00 bits per heavy atom. The van der Waals surface area contributed by atoms with Crippen LogP contribution in [-0.4, -0.2) is 33.5 Å². The van der Waals surface area contributed by atoms with Crippen LogP contribution in [0.25, 0.3) is 0 Å². The van der Waals surface area contributed by atoms with Gasteiger partial charge in [-0.2, -0.15) is 0 Å². The number of hydrogen-bond acceptors (Lipinski definition) is 4. The first-order chi connectivity index (χ1) is 11.6. The molecule has 4 rings (SSSR count). The number of carbonyl (C=O) groups excluding carboxylic acids is 2. The molecule has 4 aliphatic rings. The lowest BCUT2D eigenvalue weighted by Crippen LogP contribution is -2.57. The summed E-state index contributed by atoms with van der Waals surface area (Å²) < 4.78 is 0. The van der Waals surface area contributed by atoms with Gasteiger partial charge in [0.25, 0.3) is 0 Å². The number of rotatable bonds is 1. The number of allylic oxidation sites excluding steroid dienone is 2. The zero-order valence-electron chi connectivity index (χ0n) is 15.5. The zero-order chi connectivity index (χ0) is 18.2. The van der Waals surface area contributed by atoms with E-state index < -0.39 is 17.1 Å². The van der Waals surface area contributed by atoms with Crippen LogP contribution in [0, 0.1) is 28.6 Å². The van der Waals surface area contributed by atoms with Gasteiger partial charge in [-0.3, -0.25) is 9.59 Å². The van der Waals surface area contributed by atoms with Crippen molar-refractivity contribution in [3.05, 3.63) is 11.6 Å². The van der Waals surface area contributed by atoms with Gasteiger partial charge < -0.3 is 10.2 Å². The largest absolute Gasteiger partial charge is 0.393 e. The minimum Gasteiger partial charge on any atom is -0.393 e. The van der Waals surface area contributed by atoms with Crippen LogP contribution in [0.15, 0.2) is 11.6 Å². The van der Waals surface area contributed by atoms with Gasteiger partial charge in [-0.05, 0) is 55.8 Å². The van der Waals surface area contributed by atoms with Crippen LogP contribution in [0.3, 0.4) is 0 Å². The molecule has 0 saturated heterocycles. The lowest BCUT2D eigenvalue weighted by Gasteiger charge is -2.58. The van der Waals surface area contributed by atoms with Crippen molar-refractivity contribution < 1.29 is 19.8 Å². The molecule has 0 aliphatic heterocycles. The van der Waals surface area contributed by atoms with E-state index in [9.17, 15) is 19.8 Å². The summed E-state index contributed by atoms with van der Waals surface area (Å²) in [6, 6.07) is 0. The average Bonchev–Trinajstić information content (AvgIpc) is 2.75.